The first-order valence-corrected chi connectivity index (χ1v) is 10.6. The number of anilines is 2. The van der Waals surface area contributed by atoms with Crippen LogP contribution in [0.15, 0.2) is 60.0 Å². The molecule has 1 aliphatic heterocycles. The lowest BCUT2D eigenvalue weighted by Gasteiger charge is -2.43. The van der Waals surface area contributed by atoms with Crippen LogP contribution in [0.2, 0.25) is 0 Å². The molecule has 0 radical (unpaired) electrons. The molecule has 2 heterocycles. The Hall–Kier alpha value is -3.13. The number of para-hydroxylation sites is 3. The highest BCUT2D eigenvalue weighted by Crippen LogP contribution is 2.38. The maximum absolute atomic E-state index is 13.5. The summed E-state index contributed by atoms with van der Waals surface area (Å²) in [6.45, 7) is 7.35. The van der Waals surface area contributed by atoms with Gasteiger partial charge in [-0.15, -0.1) is 10.2 Å². The summed E-state index contributed by atoms with van der Waals surface area (Å²) >= 11 is 1.33. The van der Waals surface area contributed by atoms with Gasteiger partial charge in [0.25, 0.3) is 0 Å². The van der Waals surface area contributed by atoms with Crippen LogP contribution in [0, 0.1) is 6.92 Å². The molecule has 1 aliphatic rings. The van der Waals surface area contributed by atoms with Crippen molar-refractivity contribution in [1.82, 2.24) is 14.8 Å². The summed E-state index contributed by atoms with van der Waals surface area (Å²) in [6, 6.07) is 15.3. The fourth-order valence-corrected chi connectivity index (χ4v) is 4.42. The number of carbonyl (C=O) groups is 2. The first kappa shape index (κ1) is 20.2. The van der Waals surface area contributed by atoms with Crippen LogP contribution >= 0.6 is 11.8 Å². The number of aryl methyl sites for hydroxylation is 1. The molecule has 1 atom stereocenters. The number of fused-ring (bicyclic) bond motifs is 1. The highest BCUT2D eigenvalue weighted by molar-refractivity contribution is 8.00. The van der Waals surface area contributed by atoms with E-state index in [0.29, 0.717) is 16.5 Å². The minimum atomic E-state index is -1.01. The van der Waals surface area contributed by atoms with Crippen LogP contribution in [0.4, 0.5) is 11.4 Å². The third kappa shape index (κ3) is 3.37. The van der Waals surface area contributed by atoms with E-state index < -0.39 is 10.8 Å². The minimum Gasteiger partial charge on any atom is -0.322 e. The smallest absolute Gasteiger partial charge is 0.250 e. The van der Waals surface area contributed by atoms with E-state index in [1.807, 2.05) is 60.9 Å². The van der Waals surface area contributed by atoms with Crippen LogP contribution in [0.5, 0.6) is 0 Å². The largest absolute Gasteiger partial charge is 0.322 e. The molecule has 7 nitrogen and oxygen atoms in total. The lowest BCUT2D eigenvalue weighted by molar-refractivity contribution is -0.126. The van der Waals surface area contributed by atoms with E-state index >= 15 is 0 Å². The topological polar surface area (TPSA) is 80.1 Å². The zero-order valence-electron chi connectivity index (χ0n) is 17.3. The van der Waals surface area contributed by atoms with Gasteiger partial charge in [0.05, 0.1) is 22.3 Å². The van der Waals surface area contributed by atoms with Gasteiger partial charge in [0.2, 0.25) is 11.8 Å². The predicted molar refractivity (Wildman–Crippen MR) is 118 cm³/mol. The van der Waals surface area contributed by atoms with Gasteiger partial charge in [-0.25, -0.2) is 0 Å². The molecule has 30 heavy (non-hydrogen) atoms. The summed E-state index contributed by atoms with van der Waals surface area (Å²) in [7, 11) is 0. The summed E-state index contributed by atoms with van der Waals surface area (Å²) in [4.78, 5) is 27.8. The molecule has 1 N–H and O–H groups in total. The number of nitrogens with one attached hydrogen (secondary N) is 1. The molecular weight excluding hydrogens is 398 g/mol. The Morgan fingerprint density at radius 3 is 2.50 bits per heavy atom. The zero-order chi connectivity index (χ0) is 21.5. The molecule has 0 saturated heterocycles. The van der Waals surface area contributed by atoms with Crippen molar-refractivity contribution in [3.63, 3.8) is 0 Å². The minimum absolute atomic E-state index is 0.161. The molecule has 2 amide bonds. The average molecular weight is 422 g/mol. The van der Waals surface area contributed by atoms with Gasteiger partial charge in [0.15, 0.2) is 5.16 Å². The summed E-state index contributed by atoms with van der Waals surface area (Å²) in [5.41, 5.74) is 2.37. The van der Waals surface area contributed by atoms with Gasteiger partial charge >= 0.3 is 0 Å². The lowest BCUT2D eigenvalue weighted by Crippen LogP contribution is -2.60. The summed E-state index contributed by atoms with van der Waals surface area (Å²) < 4.78 is 1.88. The van der Waals surface area contributed by atoms with E-state index in [0.717, 1.165) is 11.3 Å². The summed E-state index contributed by atoms with van der Waals surface area (Å²) in [5, 5.41) is 11.3. The third-order valence-electron chi connectivity index (χ3n) is 5.25. The van der Waals surface area contributed by atoms with Crippen LogP contribution < -0.4 is 10.2 Å². The fourth-order valence-electron chi connectivity index (χ4n) is 3.54. The second-order valence-corrected chi connectivity index (χ2v) is 9.04. The number of aromatic nitrogens is 3. The van der Waals surface area contributed by atoms with E-state index in [1.54, 1.807) is 31.1 Å². The second-order valence-electron chi connectivity index (χ2n) is 7.73. The van der Waals surface area contributed by atoms with Crippen molar-refractivity contribution < 1.29 is 9.59 Å². The van der Waals surface area contributed by atoms with Gasteiger partial charge < -0.3 is 5.32 Å². The van der Waals surface area contributed by atoms with Crippen LogP contribution in [0.1, 0.15) is 26.3 Å². The van der Waals surface area contributed by atoms with E-state index in [2.05, 4.69) is 15.5 Å². The molecule has 0 bridgehead atoms. The second kappa shape index (κ2) is 7.60. The Morgan fingerprint density at radius 2 is 1.77 bits per heavy atom. The molecule has 154 valence electrons. The molecule has 4 rings (SSSR count). The normalized spacial score (nSPS) is 16.0. The Bertz CT molecular complexity index is 1120. The fraction of sp³-hybridized carbons (Fsp3) is 0.273. The molecule has 0 saturated carbocycles. The van der Waals surface area contributed by atoms with Gasteiger partial charge in [0.1, 0.15) is 11.9 Å². The molecule has 0 unspecified atom stereocenters. The van der Waals surface area contributed by atoms with Gasteiger partial charge in [-0.05, 0) is 51.5 Å². The van der Waals surface area contributed by atoms with Crippen molar-refractivity contribution in [2.45, 2.75) is 43.6 Å². The predicted octanol–water partition coefficient (Wildman–Crippen LogP) is 3.82. The highest BCUT2D eigenvalue weighted by Gasteiger charge is 2.45. The lowest BCUT2D eigenvalue weighted by atomic mass is 9.96. The SMILES string of the molecule is Cc1ccccc1-n1cnnc1S[C@@H](C)C(=O)N1c2ccccc2NC(=O)C1(C)C. The molecule has 1 aromatic heterocycles. The first-order valence-electron chi connectivity index (χ1n) is 9.68. The van der Waals surface area contributed by atoms with Gasteiger partial charge in [-0.2, -0.15) is 0 Å². The average Bonchev–Trinajstić information content (AvgIpc) is 3.16. The van der Waals surface area contributed by atoms with Crippen LogP contribution in [0.25, 0.3) is 5.69 Å². The quantitative estimate of drug-likeness (QED) is 0.648. The van der Waals surface area contributed by atoms with E-state index in [1.165, 1.54) is 11.8 Å². The number of carbonyl (C=O) groups excluding carboxylic acids is 2. The monoisotopic (exact) mass is 421 g/mol. The number of hydrogen-bond acceptors (Lipinski definition) is 5. The summed E-state index contributed by atoms with van der Waals surface area (Å²) in [5.74, 6) is -0.374. The van der Waals surface area contributed by atoms with Crippen LogP contribution in [-0.2, 0) is 9.59 Å². The molecule has 3 aromatic rings. The molecule has 8 heteroatoms. The number of rotatable bonds is 4. The van der Waals surface area contributed by atoms with Crippen LogP contribution in [0.3, 0.4) is 0 Å². The maximum Gasteiger partial charge on any atom is 0.250 e. The zero-order valence-corrected chi connectivity index (χ0v) is 18.1. The van der Waals surface area contributed by atoms with Gasteiger partial charge in [0, 0.05) is 0 Å². The number of benzene rings is 2. The first-order chi connectivity index (χ1) is 14.3. The number of thioether (sulfide) groups is 1. The Morgan fingerprint density at radius 1 is 1.10 bits per heavy atom. The van der Waals surface area contributed by atoms with Gasteiger partial charge in [-0.1, -0.05) is 42.1 Å². The van der Waals surface area contributed by atoms with E-state index in [9.17, 15) is 9.59 Å². The Balaban J connectivity index is 1.65. The van der Waals surface area contributed by atoms with Crippen molar-refractivity contribution in [3.8, 4) is 5.69 Å². The van der Waals surface area contributed by atoms with Crippen molar-refractivity contribution >= 4 is 35.0 Å². The number of hydrogen-bond donors (Lipinski definition) is 1. The Labute approximate surface area is 179 Å². The highest BCUT2D eigenvalue weighted by atomic mass is 32.2. The van der Waals surface area contributed by atoms with Crippen molar-refractivity contribution in [2.75, 3.05) is 10.2 Å². The molecule has 2 aromatic carbocycles. The summed E-state index contributed by atoms with van der Waals surface area (Å²) in [6.07, 6.45) is 1.65. The third-order valence-corrected chi connectivity index (χ3v) is 6.29. The molecule has 0 spiro atoms. The number of amides is 2. The molecular formula is C22H23N5O2S. The van der Waals surface area contributed by atoms with Gasteiger partial charge in [-0.3, -0.25) is 19.1 Å². The number of nitrogens with zero attached hydrogens (tertiary/aromatic N) is 4. The van der Waals surface area contributed by atoms with Crippen molar-refractivity contribution in [1.29, 1.82) is 0 Å². The Kier molecular flexibility index (Phi) is 5.11. The molecule has 0 fully saturated rings. The van der Waals surface area contributed by atoms with Crippen LogP contribution in [-0.4, -0.2) is 37.4 Å². The maximum atomic E-state index is 13.5. The van der Waals surface area contributed by atoms with Crippen molar-refractivity contribution in [2.24, 2.45) is 0 Å². The molecule has 0 aliphatic carbocycles. The standard InChI is InChI=1S/C22H23N5O2S/c1-14-9-5-7-11-17(14)26-13-23-25-21(26)30-15(2)19(28)27-18-12-8-6-10-16(18)24-20(29)22(27,3)4/h5-13,15H,1-4H3,(H,24,29)/t15-/m0/s1. The van der Waals surface area contributed by atoms with Crippen molar-refractivity contribution in [3.05, 3.63) is 60.4 Å². The van der Waals surface area contributed by atoms with E-state index in [-0.39, 0.29) is 11.8 Å². The van der Waals surface area contributed by atoms with E-state index in [4.69, 9.17) is 0 Å².